The van der Waals surface area contributed by atoms with Gasteiger partial charge < -0.3 is 5.32 Å². The topological polar surface area (TPSA) is 79.2 Å². The fourth-order valence-electron chi connectivity index (χ4n) is 2.67. The highest BCUT2D eigenvalue weighted by Crippen LogP contribution is 2.13. The quantitative estimate of drug-likeness (QED) is 0.689. The number of H-pyrrole nitrogens is 1. The fraction of sp³-hybridized carbons (Fsp3) is 0.190. The number of aryl methyl sites for hydroxylation is 4. The van der Waals surface area contributed by atoms with E-state index in [0.29, 0.717) is 16.9 Å². The van der Waals surface area contributed by atoms with E-state index in [1.807, 2.05) is 51.1 Å². The maximum atomic E-state index is 12.7. The summed E-state index contributed by atoms with van der Waals surface area (Å²) in [6.07, 6.45) is 1.30. The van der Waals surface area contributed by atoms with Crippen LogP contribution in [0.25, 0.3) is 5.69 Å². The van der Waals surface area contributed by atoms with Crippen molar-refractivity contribution in [3.05, 3.63) is 80.8 Å². The Hall–Kier alpha value is -3.41. The average Bonchev–Trinajstić information content (AvgIpc) is 2.92. The van der Waals surface area contributed by atoms with E-state index in [1.165, 1.54) is 10.9 Å². The molecule has 6 heteroatoms. The summed E-state index contributed by atoms with van der Waals surface area (Å²) in [4.78, 5) is 28.6. The molecule has 0 radical (unpaired) electrons. The first-order valence-corrected chi connectivity index (χ1v) is 8.66. The number of rotatable bonds is 3. The minimum absolute atomic E-state index is 0.248. The molecule has 0 fully saturated rings. The summed E-state index contributed by atoms with van der Waals surface area (Å²) in [5.74, 6) is 0. The Balaban J connectivity index is 1.83. The SMILES string of the molecule is Cc1ccc(NC(=O)/N=C/c2c(C)[nH]n(-c3ccc(C)c(C)c3)c2=O)cc1. The number of anilines is 1. The monoisotopic (exact) mass is 362 g/mol. The van der Waals surface area contributed by atoms with Crippen molar-refractivity contribution >= 4 is 17.9 Å². The van der Waals surface area contributed by atoms with E-state index in [0.717, 1.165) is 22.4 Å². The Kier molecular flexibility index (Phi) is 5.07. The highest BCUT2D eigenvalue weighted by molar-refractivity contribution is 5.98. The van der Waals surface area contributed by atoms with E-state index in [1.54, 1.807) is 19.1 Å². The minimum Gasteiger partial charge on any atom is -0.306 e. The highest BCUT2D eigenvalue weighted by Gasteiger charge is 2.12. The summed E-state index contributed by atoms with van der Waals surface area (Å²) in [5.41, 5.74) is 5.51. The number of nitrogens with one attached hydrogen (secondary N) is 2. The molecule has 138 valence electrons. The lowest BCUT2D eigenvalue weighted by atomic mass is 10.1. The normalized spacial score (nSPS) is 11.1. The third-order valence-corrected chi connectivity index (χ3v) is 4.48. The molecule has 1 heterocycles. The van der Waals surface area contributed by atoms with Gasteiger partial charge in [-0.25, -0.2) is 14.5 Å². The van der Waals surface area contributed by atoms with Crippen molar-refractivity contribution in [2.75, 3.05) is 5.32 Å². The number of benzene rings is 2. The van der Waals surface area contributed by atoms with Crippen molar-refractivity contribution in [2.24, 2.45) is 4.99 Å². The van der Waals surface area contributed by atoms with E-state index in [-0.39, 0.29) is 5.56 Å². The van der Waals surface area contributed by atoms with Gasteiger partial charge in [0.2, 0.25) is 0 Å². The van der Waals surface area contributed by atoms with Crippen molar-refractivity contribution in [2.45, 2.75) is 27.7 Å². The Bertz CT molecular complexity index is 1070. The second kappa shape index (κ2) is 7.45. The first kappa shape index (κ1) is 18.4. The molecule has 2 amide bonds. The average molecular weight is 362 g/mol. The van der Waals surface area contributed by atoms with Gasteiger partial charge in [0.25, 0.3) is 5.56 Å². The zero-order chi connectivity index (χ0) is 19.6. The molecule has 2 aromatic carbocycles. The Morgan fingerprint density at radius 3 is 2.41 bits per heavy atom. The van der Waals surface area contributed by atoms with E-state index in [2.05, 4.69) is 15.4 Å². The van der Waals surface area contributed by atoms with Gasteiger partial charge in [-0.05, 0) is 63.1 Å². The van der Waals surface area contributed by atoms with Crippen LogP contribution in [0.1, 0.15) is 27.9 Å². The van der Waals surface area contributed by atoms with Crippen LogP contribution in [0.3, 0.4) is 0 Å². The summed E-state index contributed by atoms with van der Waals surface area (Å²) < 4.78 is 1.46. The number of hydrogen-bond donors (Lipinski definition) is 2. The number of aromatic amines is 1. The van der Waals surface area contributed by atoms with Crippen molar-refractivity contribution in [3.8, 4) is 5.69 Å². The molecule has 0 aliphatic heterocycles. The summed E-state index contributed by atoms with van der Waals surface area (Å²) in [6, 6.07) is 12.7. The van der Waals surface area contributed by atoms with Crippen LogP contribution in [-0.4, -0.2) is 22.0 Å². The maximum absolute atomic E-state index is 12.7. The number of amides is 2. The number of aromatic nitrogens is 2. The molecule has 0 saturated carbocycles. The van der Waals surface area contributed by atoms with Gasteiger partial charge in [-0.15, -0.1) is 0 Å². The zero-order valence-electron chi connectivity index (χ0n) is 15.8. The standard InChI is InChI=1S/C21H22N4O2/c1-13-5-8-17(9-6-13)23-21(27)22-12-19-16(4)24-25(20(19)26)18-10-7-14(2)15(3)11-18/h5-12,24H,1-4H3,(H,23,27)/b22-12+. The van der Waals surface area contributed by atoms with Gasteiger partial charge in [0.1, 0.15) is 0 Å². The largest absolute Gasteiger partial charge is 0.345 e. The van der Waals surface area contributed by atoms with Gasteiger partial charge >= 0.3 is 6.03 Å². The number of hydrogen-bond acceptors (Lipinski definition) is 2. The summed E-state index contributed by atoms with van der Waals surface area (Å²) in [7, 11) is 0. The number of urea groups is 1. The first-order valence-electron chi connectivity index (χ1n) is 8.66. The zero-order valence-corrected chi connectivity index (χ0v) is 15.8. The van der Waals surface area contributed by atoms with Crippen LogP contribution in [0.15, 0.2) is 52.3 Å². The van der Waals surface area contributed by atoms with E-state index < -0.39 is 6.03 Å². The van der Waals surface area contributed by atoms with Crippen LogP contribution >= 0.6 is 0 Å². The smallest absolute Gasteiger partial charge is 0.306 e. The van der Waals surface area contributed by atoms with E-state index in [4.69, 9.17) is 0 Å². The molecule has 3 aromatic rings. The lowest BCUT2D eigenvalue weighted by Crippen LogP contribution is -2.18. The van der Waals surface area contributed by atoms with E-state index in [9.17, 15) is 9.59 Å². The molecule has 0 saturated heterocycles. The van der Waals surface area contributed by atoms with Crippen molar-refractivity contribution in [3.63, 3.8) is 0 Å². The predicted molar refractivity (Wildman–Crippen MR) is 108 cm³/mol. The first-order chi connectivity index (χ1) is 12.8. The molecule has 0 bridgehead atoms. The predicted octanol–water partition coefficient (Wildman–Crippen LogP) is 4.05. The molecule has 6 nitrogen and oxygen atoms in total. The number of nitrogens with zero attached hydrogens (tertiary/aromatic N) is 2. The second-order valence-electron chi connectivity index (χ2n) is 6.61. The van der Waals surface area contributed by atoms with Crippen LogP contribution in [0.5, 0.6) is 0 Å². The lowest BCUT2D eigenvalue weighted by Gasteiger charge is -2.05. The molecular formula is C21H22N4O2. The maximum Gasteiger partial charge on any atom is 0.345 e. The molecule has 3 rings (SSSR count). The van der Waals surface area contributed by atoms with Gasteiger partial charge in [-0.3, -0.25) is 9.89 Å². The highest BCUT2D eigenvalue weighted by atomic mass is 16.2. The van der Waals surface area contributed by atoms with Gasteiger partial charge in [0.05, 0.1) is 11.3 Å². The molecule has 27 heavy (non-hydrogen) atoms. The number of carbonyl (C=O) groups excluding carboxylic acids is 1. The summed E-state index contributed by atoms with van der Waals surface area (Å²) >= 11 is 0. The molecule has 0 atom stereocenters. The van der Waals surface area contributed by atoms with Gasteiger partial charge in [-0.1, -0.05) is 23.8 Å². The lowest BCUT2D eigenvalue weighted by molar-refractivity contribution is 0.259. The van der Waals surface area contributed by atoms with Crippen LogP contribution in [-0.2, 0) is 0 Å². The van der Waals surface area contributed by atoms with Gasteiger partial charge in [-0.2, -0.15) is 0 Å². The fourth-order valence-corrected chi connectivity index (χ4v) is 2.67. The third-order valence-electron chi connectivity index (χ3n) is 4.48. The molecule has 0 aliphatic rings. The number of aliphatic imine (C=N–C) groups is 1. The Labute approximate surface area is 157 Å². The number of carbonyl (C=O) groups is 1. The molecule has 1 aromatic heterocycles. The Morgan fingerprint density at radius 2 is 1.74 bits per heavy atom. The molecule has 0 spiro atoms. The van der Waals surface area contributed by atoms with Crippen molar-refractivity contribution < 1.29 is 4.79 Å². The van der Waals surface area contributed by atoms with Crippen LogP contribution in [0, 0.1) is 27.7 Å². The van der Waals surface area contributed by atoms with Crippen LogP contribution in [0.4, 0.5) is 10.5 Å². The summed E-state index contributed by atoms with van der Waals surface area (Å²) in [6.45, 7) is 7.77. The van der Waals surface area contributed by atoms with Crippen LogP contribution in [0.2, 0.25) is 0 Å². The molecule has 0 aliphatic carbocycles. The minimum atomic E-state index is -0.531. The second-order valence-corrected chi connectivity index (χ2v) is 6.61. The molecular weight excluding hydrogens is 340 g/mol. The van der Waals surface area contributed by atoms with Gasteiger partial charge in [0, 0.05) is 17.6 Å². The van der Waals surface area contributed by atoms with Crippen molar-refractivity contribution in [1.82, 2.24) is 9.78 Å². The molecule has 0 unspecified atom stereocenters. The Morgan fingerprint density at radius 1 is 1.04 bits per heavy atom. The third kappa shape index (κ3) is 4.06. The molecule has 2 N–H and O–H groups in total. The van der Waals surface area contributed by atoms with Crippen molar-refractivity contribution in [1.29, 1.82) is 0 Å². The summed E-state index contributed by atoms with van der Waals surface area (Å²) in [5, 5.41) is 5.71. The van der Waals surface area contributed by atoms with Crippen LogP contribution < -0.4 is 10.9 Å². The van der Waals surface area contributed by atoms with E-state index >= 15 is 0 Å². The van der Waals surface area contributed by atoms with Gasteiger partial charge in [0.15, 0.2) is 0 Å².